The number of carboxylic acid groups (broad SMARTS) is 1. The SMILES string of the molecule is Cc1cc(C(=O)O)n(-c2nccs2)n1. The van der Waals surface area contributed by atoms with Gasteiger partial charge in [-0.25, -0.2) is 9.78 Å². The molecule has 0 fully saturated rings. The van der Waals surface area contributed by atoms with E-state index in [1.165, 1.54) is 22.1 Å². The molecule has 0 atom stereocenters. The standard InChI is InChI=1S/C8H7N3O2S/c1-5-4-6(7(12)13)11(10-5)8-9-2-3-14-8/h2-4H,1H3,(H,12,13). The van der Waals surface area contributed by atoms with Gasteiger partial charge in [0.25, 0.3) is 0 Å². The summed E-state index contributed by atoms with van der Waals surface area (Å²) in [5.41, 5.74) is 0.801. The Bertz CT molecular complexity index is 461. The van der Waals surface area contributed by atoms with E-state index in [-0.39, 0.29) is 5.69 Å². The van der Waals surface area contributed by atoms with Gasteiger partial charge < -0.3 is 5.11 Å². The highest BCUT2D eigenvalue weighted by molar-refractivity contribution is 7.12. The van der Waals surface area contributed by atoms with Crippen molar-refractivity contribution < 1.29 is 9.90 Å². The number of thiazole rings is 1. The molecule has 0 aliphatic heterocycles. The number of hydrogen-bond donors (Lipinski definition) is 1. The van der Waals surface area contributed by atoms with E-state index < -0.39 is 5.97 Å². The summed E-state index contributed by atoms with van der Waals surface area (Å²) in [7, 11) is 0. The van der Waals surface area contributed by atoms with Crippen LogP contribution in [0.4, 0.5) is 0 Å². The molecule has 2 heterocycles. The van der Waals surface area contributed by atoms with Crippen molar-refractivity contribution in [3.8, 4) is 5.13 Å². The lowest BCUT2D eigenvalue weighted by molar-refractivity contribution is 0.0687. The normalized spacial score (nSPS) is 10.4. The van der Waals surface area contributed by atoms with E-state index in [0.29, 0.717) is 10.8 Å². The lowest BCUT2D eigenvalue weighted by Crippen LogP contribution is -2.07. The van der Waals surface area contributed by atoms with Crippen LogP contribution in [0, 0.1) is 6.92 Å². The van der Waals surface area contributed by atoms with Crippen molar-refractivity contribution in [3.05, 3.63) is 29.0 Å². The molecule has 0 bridgehead atoms. The monoisotopic (exact) mass is 209 g/mol. The lowest BCUT2D eigenvalue weighted by atomic mass is 10.4. The summed E-state index contributed by atoms with van der Waals surface area (Å²) in [6, 6.07) is 1.52. The summed E-state index contributed by atoms with van der Waals surface area (Å²) in [6.45, 7) is 1.75. The average Bonchev–Trinajstić information content (AvgIpc) is 2.70. The van der Waals surface area contributed by atoms with Gasteiger partial charge in [-0.1, -0.05) is 0 Å². The minimum atomic E-state index is -0.999. The highest BCUT2D eigenvalue weighted by atomic mass is 32.1. The predicted molar refractivity (Wildman–Crippen MR) is 50.9 cm³/mol. The number of carboxylic acids is 1. The Labute approximate surface area is 83.6 Å². The molecule has 0 aliphatic carbocycles. The van der Waals surface area contributed by atoms with Crippen LogP contribution >= 0.6 is 11.3 Å². The molecule has 0 unspecified atom stereocenters. The van der Waals surface area contributed by atoms with E-state index >= 15 is 0 Å². The van der Waals surface area contributed by atoms with E-state index in [1.807, 2.05) is 0 Å². The highest BCUT2D eigenvalue weighted by Crippen LogP contribution is 2.14. The van der Waals surface area contributed by atoms with Crippen LogP contribution in [-0.2, 0) is 0 Å². The molecule has 0 spiro atoms. The fourth-order valence-corrected chi connectivity index (χ4v) is 1.72. The van der Waals surface area contributed by atoms with Crippen molar-refractivity contribution in [3.63, 3.8) is 0 Å². The first-order valence-electron chi connectivity index (χ1n) is 3.88. The maximum atomic E-state index is 10.8. The van der Waals surface area contributed by atoms with E-state index in [4.69, 9.17) is 5.11 Å². The number of hydrogen-bond acceptors (Lipinski definition) is 4. The summed E-state index contributed by atoms with van der Waals surface area (Å²) in [5, 5.41) is 15.3. The van der Waals surface area contributed by atoms with Crippen LogP contribution in [0.15, 0.2) is 17.6 Å². The third-order valence-corrected chi connectivity index (χ3v) is 2.40. The third-order valence-electron chi connectivity index (χ3n) is 1.65. The summed E-state index contributed by atoms with van der Waals surface area (Å²) in [6.07, 6.45) is 1.61. The average molecular weight is 209 g/mol. The second kappa shape index (κ2) is 3.22. The number of carbonyl (C=O) groups is 1. The van der Waals surface area contributed by atoms with Crippen LogP contribution in [0.5, 0.6) is 0 Å². The molecule has 1 N–H and O–H groups in total. The van der Waals surface area contributed by atoms with Crippen molar-refractivity contribution in [2.75, 3.05) is 0 Å². The van der Waals surface area contributed by atoms with Crippen molar-refractivity contribution in [1.82, 2.24) is 14.8 Å². The zero-order chi connectivity index (χ0) is 10.1. The summed E-state index contributed by atoms with van der Waals surface area (Å²) >= 11 is 1.35. The summed E-state index contributed by atoms with van der Waals surface area (Å²) in [5.74, 6) is -0.999. The van der Waals surface area contributed by atoms with E-state index in [0.717, 1.165) is 0 Å². The smallest absolute Gasteiger partial charge is 0.354 e. The van der Waals surface area contributed by atoms with Gasteiger partial charge in [0.1, 0.15) is 0 Å². The molecule has 0 saturated heterocycles. The molecule has 2 aromatic heterocycles. The first-order chi connectivity index (χ1) is 6.68. The number of aromatic nitrogens is 3. The van der Waals surface area contributed by atoms with Gasteiger partial charge in [-0.2, -0.15) is 9.78 Å². The zero-order valence-electron chi connectivity index (χ0n) is 7.34. The van der Waals surface area contributed by atoms with Gasteiger partial charge in [0, 0.05) is 11.6 Å². The first kappa shape index (κ1) is 8.89. The third kappa shape index (κ3) is 1.39. The maximum Gasteiger partial charge on any atom is 0.354 e. The maximum absolute atomic E-state index is 10.8. The van der Waals surface area contributed by atoms with Crippen LogP contribution in [0.1, 0.15) is 16.2 Å². The quantitative estimate of drug-likeness (QED) is 0.810. The first-order valence-corrected chi connectivity index (χ1v) is 4.76. The minimum Gasteiger partial charge on any atom is -0.477 e. The van der Waals surface area contributed by atoms with Crippen LogP contribution in [0.3, 0.4) is 0 Å². The van der Waals surface area contributed by atoms with Crippen LogP contribution < -0.4 is 0 Å². The molecule has 2 aromatic rings. The molecule has 72 valence electrons. The summed E-state index contributed by atoms with van der Waals surface area (Å²) in [4.78, 5) is 14.8. The highest BCUT2D eigenvalue weighted by Gasteiger charge is 2.14. The summed E-state index contributed by atoms with van der Waals surface area (Å²) < 4.78 is 1.34. The minimum absolute atomic E-state index is 0.137. The van der Waals surface area contributed by atoms with Crippen LogP contribution in [0.25, 0.3) is 5.13 Å². The molecule has 0 aliphatic rings. The molecule has 14 heavy (non-hydrogen) atoms. The number of aromatic carboxylic acids is 1. The van der Waals surface area contributed by atoms with Gasteiger partial charge in [-0.05, 0) is 13.0 Å². The Kier molecular flexibility index (Phi) is 2.05. The molecule has 0 saturated carbocycles. The van der Waals surface area contributed by atoms with Gasteiger partial charge in [-0.3, -0.25) is 0 Å². The Hall–Kier alpha value is -1.69. The Morgan fingerprint density at radius 2 is 2.43 bits per heavy atom. The molecular formula is C8H7N3O2S. The Morgan fingerprint density at radius 1 is 1.64 bits per heavy atom. The second-order valence-electron chi connectivity index (χ2n) is 2.70. The zero-order valence-corrected chi connectivity index (χ0v) is 8.15. The Balaban J connectivity index is 2.58. The van der Waals surface area contributed by atoms with Gasteiger partial charge >= 0.3 is 5.97 Å². The molecule has 0 radical (unpaired) electrons. The molecule has 0 aromatic carbocycles. The van der Waals surface area contributed by atoms with Crippen LogP contribution in [-0.4, -0.2) is 25.8 Å². The van der Waals surface area contributed by atoms with Crippen molar-refractivity contribution >= 4 is 17.3 Å². The second-order valence-corrected chi connectivity index (χ2v) is 3.58. The fourth-order valence-electron chi connectivity index (χ4n) is 1.12. The molecule has 2 rings (SSSR count). The number of nitrogens with zero attached hydrogens (tertiary/aromatic N) is 3. The van der Waals surface area contributed by atoms with Crippen molar-refractivity contribution in [1.29, 1.82) is 0 Å². The lowest BCUT2D eigenvalue weighted by Gasteiger charge is -1.97. The molecule has 5 nitrogen and oxygen atoms in total. The number of rotatable bonds is 2. The van der Waals surface area contributed by atoms with Crippen LogP contribution in [0.2, 0.25) is 0 Å². The molecular weight excluding hydrogens is 202 g/mol. The largest absolute Gasteiger partial charge is 0.477 e. The van der Waals surface area contributed by atoms with E-state index in [1.54, 1.807) is 18.5 Å². The van der Waals surface area contributed by atoms with E-state index in [9.17, 15) is 4.79 Å². The van der Waals surface area contributed by atoms with Crippen molar-refractivity contribution in [2.24, 2.45) is 0 Å². The predicted octanol–water partition coefficient (Wildman–Crippen LogP) is 1.34. The fraction of sp³-hybridized carbons (Fsp3) is 0.125. The van der Waals surface area contributed by atoms with Gasteiger partial charge in [0.2, 0.25) is 5.13 Å². The van der Waals surface area contributed by atoms with Gasteiger partial charge in [0.05, 0.1) is 5.69 Å². The molecule has 6 heteroatoms. The van der Waals surface area contributed by atoms with Gasteiger partial charge in [0.15, 0.2) is 5.69 Å². The number of aryl methyl sites for hydroxylation is 1. The Morgan fingerprint density at radius 3 is 3.00 bits per heavy atom. The van der Waals surface area contributed by atoms with Crippen molar-refractivity contribution in [2.45, 2.75) is 6.92 Å². The van der Waals surface area contributed by atoms with Gasteiger partial charge in [-0.15, -0.1) is 11.3 Å². The topological polar surface area (TPSA) is 68.0 Å². The van der Waals surface area contributed by atoms with E-state index in [2.05, 4.69) is 10.1 Å². The molecule has 0 amide bonds.